The molecular formula is C12H14N2O. The maximum Gasteiger partial charge on any atom is 0.0853 e. The number of anilines is 1. The van der Waals surface area contributed by atoms with Gasteiger partial charge in [0.1, 0.15) is 0 Å². The Labute approximate surface area is 89.0 Å². The zero-order chi connectivity index (χ0) is 10.8. The van der Waals surface area contributed by atoms with Crippen LogP contribution in [-0.4, -0.2) is 24.2 Å². The van der Waals surface area contributed by atoms with Gasteiger partial charge in [-0.05, 0) is 24.3 Å². The maximum absolute atomic E-state index is 8.97. The van der Waals surface area contributed by atoms with Crippen molar-refractivity contribution in [2.75, 3.05) is 19.0 Å². The van der Waals surface area contributed by atoms with E-state index in [9.17, 15) is 0 Å². The Kier molecular flexibility index (Phi) is 2.56. The lowest BCUT2D eigenvalue weighted by Crippen LogP contribution is -2.08. The van der Waals surface area contributed by atoms with Crippen molar-refractivity contribution in [3.8, 4) is 0 Å². The molecule has 0 fully saturated rings. The zero-order valence-corrected chi connectivity index (χ0v) is 8.94. The van der Waals surface area contributed by atoms with Crippen LogP contribution in [0.15, 0.2) is 30.3 Å². The second kappa shape index (κ2) is 3.87. The van der Waals surface area contributed by atoms with Gasteiger partial charge in [0, 0.05) is 25.2 Å². The van der Waals surface area contributed by atoms with E-state index in [0.717, 1.165) is 16.6 Å². The molecule has 0 spiro atoms. The van der Waals surface area contributed by atoms with Crippen LogP contribution in [0.25, 0.3) is 10.9 Å². The summed E-state index contributed by atoms with van der Waals surface area (Å²) >= 11 is 0. The molecule has 0 amide bonds. The van der Waals surface area contributed by atoms with Gasteiger partial charge in [0.15, 0.2) is 0 Å². The summed E-state index contributed by atoms with van der Waals surface area (Å²) in [5.41, 5.74) is 2.79. The molecule has 3 heteroatoms. The Morgan fingerprint density at radius 2 is 2.00 bits per heavy atom. The molecular weight excluding hydrogens is 188 g/mol. The van der Waals surface area contributed by atoms with Gasteiger partial charge in [-0.2, -0.15) is 0 Å². The monoisotopic (exact) mass is 202 g/mol. The van der Waals surface area contributed by atoms with Crippen molar-refractivity contribution in [2.45, 2.75) is 6.61 Å². The first-order chi connectivity index (χ1) is 7.20. The summed E-state index contributed by atoms with van der Waals surface area (Å²) in [5, 5.41) is 10.1. The second-order valence-corrected chi connectivity index (χ2v) is 3.73. The molecule has 0 aliphatic heterocycles. The number of aliphatic hydroxyl groups is 1. The first kappa shape index (κ1) is 9.93. The number of pyridine rings is 1. The highest BCUT2D eigenvalue weighted by Crippen LogP contribution is 2.19. The van der Waals surface area contributed by atoms with Gasteiger partial charge >= 0.3 is 0 Å². The summed E-state index contributed by atoms with van der Waals surface area (Å²) in [5.74, 6) is 0. The average molecular weight is 202 g/mol. The van der Waals surface area contributed by atoms with E-state index in [-0.39, 0.29) is 6.61 Å². The SMILES string of the molecule is CN(C)c1ccc2nc(CO)ccc2c1. The fraction of sp³-hybridized carbons (Fsp3) is 0.250. The van der Waals surface area contributed by atoms with Crippen LogP contribution in [0.4, 0.5) is 5.69 Å². The quantitative estimate of drug-likeness (QED) is 0.806. The van der Waals surface area contributed by atoms with Crippen molar-refractivity contribution >= 4 is 16.6 Å². The second-order valence-electron chi connectivity index (χ2n) is 3.73. The lowest BCUT2D eigenvalue weighted by Gasteiger charge is -2.12. The van der Waals surface area contributed by atoms with E-state index in [2.05, 4.69) is 16.0 Å². The summed E-state index contributed by atoms with van der Waals surface area (Å²) in [4.78, 5) is 6.38. The third kappa shape index (κ3) is 1.92. The predicted molar refractivity (Wildman–Crippen MR) is 62.0 cm³/mol. The number of hydrogen-bond donors (Lipinski definition) is 1. The van der Waals surface area contributed by atoms with Crippen LogP contribution in [0.1, 0.15) is 5.69 Å². The van der Waals surface area contributed by atoms with Crippen molar-refractivity contribution in [3.05, 3.63) is 36.0 Å². The Morgan fingerprint density at radius 3 is 2.67 bits per heavy atom. The van der Waals surface area contributed by atoms with Crippen LogP contribution >= 0.6 is 0 Å². The van der Waals surface area contributed by atoms with Gasteiger partial charge in [0.2, 0.25) is 0 Å². The molecule has 0 atom stereocenters. The molecule has 0 saturated heterocycles. The van der Waals surface area contributed by atoms with E-state index in [1.54, 1.807) is 0 Å². The Morgan fingerprint density at radius 1 is 1.20 bits per heavy atom. The average Bonchev–Trinajstić information content (AvgIpc) is 2.27. The third-order valence-corrected chi connectivity index (χ3v) is 2.41. The standard InChI is InChI=1S/C12H14N2O/c1-14(2)11-5-6-12-9(7-11)3-4-10(8-15)13-12/h3-7,15H,8H2,1-2H3. The topological polar surface area (TPSA) is 36.4 Å². The van der Waals surface area contributed by atoms with Crippen LogP contribution < -0.4 is 4.90 Å². The predicted octanol–water partition coefficient (Wildman–Crippen LogP) is 1.79. The van der Waals surface area contributed by atoms with Gasteiger partial charge in [-0.15, -0.1) is 0 Å². The van der Waals surface area contributed by atoms with Crippen molar-refractivity contribution < 1.29 is 5.11 Å². The molecule has 1 aromatic heterocycles. The fourth-order valence-electron chi connectivity index (χ4n) is 1.52. The molecule has 15 heavy (non-hydrogen) atoms. The zero-order valence-electron chi connectivity index (χ0n) is 8.94. The molecule has 2 aromatic rings. The van der Waals surface area contributed by atoms with Gasteiger partial charge in [0.25, 0.3) is 0 Å². The Bertz CT molecular complexity index is 480. The van der Waals surface area contributed by atoms with Crippen molar-refractivity contribution in [1.82, 2.24) is 4.98 Å². The highest BCUT2D eigenvalue weighted by atomic mass is 16.3. The summed E-state index contributed by atoms with van der Waals surface area (Å²) < 4.78 is 0. The minimum atomic E-state index is -0.00856. The first-order valence-electron chi connectivity index (χ1n) is 4.88. The maximum atomic E-state index is 8.97. The summed E-state index contributed by atoms with van der Waals surface area (Å²) in [6.45, 7) is -0.00856. The van der Waals surface area contributed by atoms with E-state index in [0.29, 0.717) is 5.69 Å². The largest absolute Gasteiger partial charge is 0.390 e. The summed E-state index contributed by atoms with van der Waals surface area (Å²) in [6.07, 6.45) is 0. The molecule has 3 nitrogen and oxygen atoms in total. The third-order valence-electron chi connectivity index (χ3n) is 2.41. The molecule has 1 heterocycles. The molecule has 1 aromatic carbocycles. The molecule has 1 N–H and O–H groups in total. The number of aromatic nitrogens is 1. The van der Waals surface area contributed by atoms with E-state index < -0.39 is 0 Å². The summed E-state index contributed by atoms with van der Waals surface area (Å²) in [7, 11) is 4.02. The van der Waals surface area contributed by atoms with Gasteiger partial charge in [-0.25, -0.2) is 0 Å². The molecule has 2 rings (SSSR count). The van der Waals surface area contributed by atoms with Gasteiger partial charge in [-0.1, -0.05) is 6.07 Å². The van der Waals surface area contributed by atoms with E-state index in [1.165, 1.54) is 0 Å². The van der Waals surface area contributed by atoms with Gasteiger partial charge in [-0.3, -0.25) is 4.98 Å². The van der Waals surface area contributed by atoms with Crippen molar-refractivity contribution in [3.63, 3.8) is 0 Å². The highest BCUT2D eigenvalue weighted by molar-refractivity contribution is 5.82. The van der Waals surface area contributed by atoms with Crippen LogP contribution in [0.2, 0.25) is 0 Å². The lowest BCUT2D eigenvalue weighted by atomic mass is 10.2. The lowest BCUT2D eigenvalue weighted by molar-refractivity contribution is 0.277. The molecule has 0 bridgehead atoms. The summed E-state index contributed by atoms with van der Waals surface area (Å²) in [6, 6.07) is 9.92. The molecule has 0 radical (unpaired) electrons. The van der Waals surface area contributed by atoms with E-state index >= 15 is 0 Å². The van der Waals surface area contributed by atoms with Crippen molar-refractivity contribution in [2.24, 2.45) is 0 Å². The van der Waals surface area contributed by atoms with Gasteiger partial charge in [0.05, 0.1) is 17.8 Å². The molecule has 78 valence electrons. The molecule has 0 saturated carbocycles. The number of fused-ring (bicyclic) bond motifs is 1. The number of nitrogens with zero attached hydrogens (tertiary/aromatic N) is 2. The van der Waals surface area contributed by atoms with E-state index in [1.807, 2.05) is 38.4 Å². The van der Waals surface area contributed by atoms with Crippen LogP contribution in [0, 0.1) is 0 Å². The molecule has 0 aliphatic carbocycles. The fourth-order valence-corrected chi connectivity index (χ4v) is 1.52. The minimum absolute atomic E-state index is 0.00856. The number of rotatable bonds is 2. The van der Waals surface area contributed by atoms with Gasteiger partial charge < -0.3 is 10.0 Å². The van der Waals surface area contributed by atoms with Crippen molar-refractivity contribution in [1.29, 1.82) is 0 Å². The number of benzene rings is 1. The minimum Gasteiger partial charge on any atom is -0.390 e. The number of hydrogen-bond acceptors (Lipinski definition) is 3. The molecule has 0 unspecified atom stereocenters. The first-order valence-corrected chi connectivity index (χ1v) is 4.88. The number of aliphatic hydroxyl groups excluding tert-OH is 1. The van der Waals surface area contributed by atoms with E-state index in [4.69, 9.17) is 5.11 Å². The Hall–Kier alpha value is -1.61. The van der Waals surface area contributed by atoms with Crippen LogP contribution in [0.3, 0.4) is 0 Å². The highest BCUT2D eigenvalue weighted by Gasteiger charge is 2.00. The van der Waals surface area contributed by atoms with Crippen LogP contribution in [-0.2, 0) is 6.61 Å². The molecule has 0 aliphatic rings. The smallest absolute Gasteiger partial charge is 0.0853 e. The normalized spacial score (nSPS) is 10.6. The Balaban J connectivity index is 2.55. The van der Waals surface area contributed by atoms with Crippen LogP contribution in [0.5, 0.6) is 0 Å².